The Morgan fingerprint density at radius 2 is 1.78 bits per heavy atom. The molecule has 2 aromatic rings. The Kier molecular flexibility index (Phi) is 5.39. The average molecular weight is 332 g/mol. The van der Waals surface area contributed by atoms with Crippen molar-refractivity contribution in [1.82, 2.24) is 5.32 Å². The third-order valence-corrected chi connectivity index (χ3v) is 4.52. The van der Waals surface area contributed by atoms with Crippen LogP contribution in [0.15, 0.2) is 54.6 Å². The molecule has 6 heteroatoms. The summed E-state index contributed by atoms with van der Waals surface area (Å²) in [5, 5.41) is 2.75. The highest BCUT2D eigenvalue weighted by molar-refractivity contribution is 7.92. The molecule has 0 bridgehead atoms. The van der Waals surface area contributed by atoms with Gasteiger partial charge in [0.25, 0.3) is 5.91 Å². The Balaban J connectivity index is 2.01. The highest BCUT2D eigenvalue weighted by Gasteiger charge is 2.17. The summed E-state index contributed by atoms with van der Waals surface area (Å²) in [5.74, 6) is -0.213. The predicted molar refractivity (Wildman–Crippen MR) is 92.1 cm³/mol. The second-order valence-corrected chi connectivity index (χ2v) is 7.20. The van der Waals surface area contributed by atoms with Crippen LogP contribution >= 0.6 is 0 Å². The van der Waals surface area contributed by atoms with E-state index < -0.39 is 10.0 Å². The Morgan fingerprint density at radius 3 is 2.39 bits per heavy atom. The zero-order valence-electron chi connectivity index (χ0n) is 13.2. The summed E-state index contributed by atoms with van der Waals surface area (Å²) in [6.07, 6.45) is 1.16. The van der Waals surface area contributed by atoms with Crippen LogP contribution in [-0.2, 0) is 10.0 Å². The highest BCUT2D eigenvalue weighted by Crippen LogP contribution is 2.15. The molecule has 2 aromatic carbocycles. The molecule has 23 heavy (non-hydrogen) atoms. The van der Waals surface area contributed by atoms with Crippen molar-refractivity contribution in [3.8, 4) is 0 Å². The lowest BCUT2D eigenvalue weighted by Crippen LogP contribution is -2.38. The largest absolute Gasteiger partial charge is 0.350 e. The number of nitrogens with zero attached hydrogens (tertiary/aromatic N) is 1. The summed E-state index contributed by atoms with van der Waals surface area (Å²) in [6.45, 7) is 2.33. The first-order valence-corrected chi connectivity index (χ1v) is 9.10. The van der Waals surface area contributed by atoms with Gasteiger partial charge in [-0.15, -0.1) is 0 Å². The smallest absolute Gasteiger partial charge is 0.251 e. The third kappa shape index (κ3) is 4.82. The second-order valence-electron chi connectivity index (χ2n) is 5.30. The van der Waals surface area contributed by atoms with Crippen LogP contribution in [-0.4, -0.2) is 33.7 Å². The van der Waals surface area contributed by atoms with Crippen LogP contribution < -0.4 is 9.62 Å². The quantitative estimate of drug-likeness (QED) is 0.882. The first kappa shape index (κ1) is 17.0. The van der Waals surface area contributed by atoms with E-state index in [0.29, 0.717) is 11.3 Å². The van der Waals surface area contributed by atoms with Crippen LogP contribution in [0.25, 0.3) is 0 Å². The normalized spacial score (nSPS) is 11.0. The number of hydrogen-bond acceptors (Lipinski definition) is 3. The maximum atomic E-state index is 12.1. The van der Waals surface area contributed by atoms with Crippen LogP contribution in [0.2, 0.25) is 0 Å². The molecule has 0 heterocycles. The van der Waals surface area contributed by atoms with E-state index in [4.69, 9.17) is 0 Å². The number of carbonyl (C=O) groups is 1. The van der Waals surface area contributed by atoms with Gasteiger partial charge in [0.1, 0.15) is 0 Å². The number of para-hydroxylation sites is 1. The fraction of sp³-hybridized carbons (Fsp3) is 0.235. The second kappa shape index (κ2) is 7.28. The van der Waals surface area contributed by atoms with E-state index in [1.807, 2.05) is 25.1 Å². The highest BCUT2D eigenvalue weighted by atomic mass is 32.2. The summed E-state index contributed by atoms with van der Waals surface area (Å²) < 4.78 is 25.2. The minimum Gasteiger partial charge on any atom is -0.350 e. The molecule has 5 nitrogen and oxygen atoms in total. The van der Waals surface area contributed by atoms with Crippen molar-refractivity contribution in [2.45, 2.75) is 6.92 Å². The molecule has 0 saturated heterocycles. The van der Waals surface area contributed by atoms with Crippen LogP contribution in [0.5, 0.6) is 0 Å². The SMILES string of the molecule is Cc1cccc(C(=O)NCCN(c2ccccc2)S(C)(=O)=O)c1. The van der Waals surface area contributed by atoms with Crippen molar-refractivity contribution in [2.24, 2.45) is 0 Å². The summed E-state index contributed by atoms with van der Waals surface area (Å²) in [5.41, 5.74) is 2.15. The van der Waals surface area contributed by atoms with Crippen LogP contribution in [0.4, 0.5) is 5.69 Å². The topological polar surface area (TPSA) is 66.5 Å². The minimum absolute atomic E-state index is 0.181. The summed E-state index contributed by atoms with van der Waals surface area (Å²) in [7, 11) is -3.41. The molecule has 122 valence electrons. The molecule has 0 aliphatic carbocycles. The third-order valence-electron chi connectivity index (χ3n) is 3.33. The van der Waals surface area contributed by atoms with Gasteiger partial charge >= 0.3 is 0 Å². The van der Waals surface area contributed by atoms with Gasteiger partial charge in [-0.1, -0.05) is 35.9 Å². The van der Waals surface area contributed by atoms with Gasteiger partial charge in [-0.25, -0.2) is 8.42 Å². The van der Waals surface area contributed by atoms with E-state index in [-0.39, 0.29) is 19.0 Å². The molecule has 0 unspecified atom stereocenters. The lowest BCUT2D eigenvalue weighted by atomic mass is 10.1. The monoisotopic (exact) mass is 332 g/mol. The average Bonchev–Trinajstić information content (AvgIpc) is 2.51. The molecule has 0 aromatic heterocycles. The van der Waals surface area contributed by atoms with Gasteiger partial charge in [0.2, 0.25) is 10.0 Å². The fourth-order valence-corrected chi connectivity index (χ4v) is 3.17. The summed E-state index contributed by atoms with van der Waals surface area (Å²) in [6, 6.07) is 16.1. The number of carbonyl (C=O) groups excluding carboxylic acids is 1. The van der Waals surface area contributed by atoms with E-state index in [1.54, 1.807) is 36.4 Å². The van der Waals surface area contributed by atoms with Crippen LogP contribution in [0, 0.1) is 6.92 Å². The lowest BCUT2D eigenvalue weighted by Gasteiger charge is -2.22. The molecule has 1 N–H and O–H groups in total. The zero-order valence-corrected chi connectivity index (χ0v) is 14.0. The molecule has 0 radical (unpaired) electrons. The van der Waals surface area contributed by atoms with Gasteiger partial charge in [0.05, 0.1) is 18.5 Å². The van der Waals surface area contributed by atoms with Gasteiger partial charge < -0.3 is 5.32 Å². The molecule has 0 spiro atoms. The van der Waals surface area contributed by atoms with Crippen molar-refractivity contribution in [1.29, 1.82) is 0 Å². The number of hydrogen-bond donors (Lipinski definition) is 1. The molecule has 0 saturated carbocycles. The van der Waals surface area contributed by atoms with E-state index in [9.17, 15) is 13.2 Å². The first-order valence-electron chi connectivity index (χ1n) is 7.25. The van der Waals surface area contributed by atoms with Crippen molar-refractivity contribution in [3.05, 3.63) is 65.7 Å². The summed E-state index contributed by atoms with van der Waals surface area (Å²) >= 11 is 0. The van der Waals surface area contributed by atoms with Crippen molar-refractivity contribution in [3.63, 3.8) is 0 Å². The van der Waals surface area contributed by atoms with Crippen LogP contribution in [0.1, 0.15) is 15.9 Å². The van der Waals surface area contributed by atoms with E-state index in [1.165, 1.54) is 4.31 Å². The Labute approximate surface area is 137 Å². The number of nitrogens with one attached hydrogen (secondary N) is 1. The lowest BCUT2D eigenvalue weighted by molar-refractivity contribution is 0.0954. The van der Waals surface area contributed by atoms with Crippen LogP contribution in [0.3, 0.4) is 0 Å². The maximum Gasteiger partial charge on any atom is 0.251 e. The van der Waals surface area contributed by atoms with E-state index >= 15 is 0 Å². The molecule has 0 fully saturated rings. The number of anilines is 1. The molecule has 0 atom stereocenters. The van der Waals surface area contributed by atoms with Crippen molar-refractivity contribution < 1.29 is 13.2 Å². The summed E-state index contributed by atoms with van der Waals surface area (Å²) in [4.78, 5) is 12.1. The van der Waals surface area contributed by atoms with Gasteiger partial charge in [0.15, 0.2) is 0 Å². The van der Waals surface area contributed by atoms with Gasteiger partial charge in [-0.05, 0) is 31.2 Å². The standard InChI is InChI=1S/C17H20N2O3S/c1-14-7-6-8-15(13-14)17(20)18-11-12-19(23(2,21)22)16-9-4-3-5-10-16/h3-10,13H,11-12H2,1-2H3,(H,18,20). The van der Waals surface area contributed by atoms with E-state index in [2.05, 4.69) is 5.32 Å². The molecule has 0 aliphatic heterocycles. The molecule has 0 aliphatic rings. The Morgan fingerprint density at radius 1 is 1.09 bits per heavy atom. The fourth-order valence-electron chi connectivity index (χ4n) is 2.24. The number of rotatable bonds is 6. The Hall–Kier alpha value is -2.34. The van der Waals surface area contributed by atoms with Gasteiger partial charge in [-0.3, -0.25) is 9.10 Å². The van der Waals surface area contributed by atoms with Crippen molar-refractivity contribution >= 4 is 21.6 Å². The van der Waals surface area contributed by atoms with Gasteiger partial charge in [0, 0.05) is 12.1 Å². The molecular weight excluding hydrogens is 312 g/mol. The number of amides is 1. The Bertz CT molecular complexity index is 773. The predicted octanol–water partition coefficient (Wildman–Crippen LogP) is 2.19. The van der Waals surface area contributed by atoms with Gasteiger partial charge in [-0.2, -0.15) is 0 Å². The number of aryl methyl sites for hydroxylation is 1. The molecule has 1 amide bonds. The maximum absolute atomic E-state index is 12.1. The van der Waals surface area contributed by atoms with E-state index in [0.717, 1.165) is 11.8 Å². The number of benzene rings is 2. The molecule has 2 rings (SSSR count). The number of sulfonamides is 1. The first-order chi connectivity index (χ1) is 10.9. The zero-order chi connectivity index (χ0) is 16.9. The molecular formula is C17H20N2O3S. The minimum atomic E-state index is -3.41. The van der Waals surface area contributed by atoms with Crippen molar-refractivity contribution in [2.75, 3.05) is 23.7 Å².